The summed E-state index contributed by atoms with van der Waals surface area (Å²) in [7, 11) is 0. The zero-order valence-corrected chi connectivity index (χ0v) is 11.9. The van der Waals surface area contributed by atoms with Gasteiger partial charge in [0.1, 0.15) is 11.6 Å². The number of carbonyl (C=O) groups excluding carboxylic acids is 1. The normalized spacial score (nSPS) is 11.6. The van der Waals surface area contributed by atoms with Crippen molar-refractivity contribution in [3.05, 3.63) is 41.1 Å². The predicted molar refractivity (Wildman–Crippen MR) is 76.7 cm³/mol. The van der Waals surface area contributed by atoms with E-state index in [1.165, 1.54) is 6.20 Å². The van der Waals surface area contributed by atoms with E-state index in [0.717, 1.165) is 0 Å². The lowest BCUT2D eigenvalue weighted by Gasteiger charge is -2.20. The maximum absolute atomic E-state index is 11.8. The molecule has 19 heavy (non-hydrogen) atoms. The second-order valence-corrected chi connectivity index (χ2v) is 5.47. The van der Waals surface area contributed by atoms with Crippen molar-refractivity contribution in [1.29, 1.82) is 5.26 Å². The Morgan fingerprint density at radius 3 is 2.63 bits per heavy atom. The molecule has 100 valence electrons. The van der Waals surface area contributed by atoms with Crippen LogP contribution in [0.15, 0.2) is 36.0 Å². The van der Waals surface area contributed by atoms with Crippen LogP contribution in [0.25, 0.3) is 0 Å². The maximum Gasteiger partial charge on any atom is 0.263 e. The number of hydrogen-bond donors (Lipinski definition) is 2. The molecule has 0 heterocycles. The van der Waals surface area contributed by atoms with Gasteiger partial charge < -0.3 is 10.6 Å². The Morgan fingerprint density at radius 2 is 2.11 bits per heavy atom. The van der Waals surface area contributed by atoms with Crippen LogP contribution in [0.3, 0.4) is 0 Å². The molecule has 0 fully saturated rings. The van der Waals surface area contributed by atoms with Crippen LogP contribution in [-0.4, -0.2) is 11.4 Å². The molecule has 0 saturated heterocycles. The van der Waals surface area contributed by atoms with Gasteiger partial charge >= 0.3 is 0 Å². The molecule has 1 aromatic rings. The molecule has 0 radical (unpaired) electrons. The molecule has 0 spiro atoms. The zero-order chi connectivity index (χ0) is 14.5. The minimum absolute atomic E-state index is 0.00917. The summed E-state index contributed by atoms with van der Waals surface area (Å²) < 4.78 is 0. The van der Waals surface area contributed by atoms with E-state index >= 15 is 0 Å². The molecule has 0 atom stereocenters. The second kappa shape index (κ2) is 6.26. The standard InChI is InChI=1S/C14H16ClN3O/c1-14(2,3)18-13(19)10(8-16)9-17-12-6-4-5-11(15)7-12/h4-7,9,17H,1-3H3,(H,18,19)/b10-9-. The van der Waals surface area contributed by atoms with Crippen molar-refractivity contribution < 1.29 is 4.79 Å². The third-order valence-electron chi connectivity index (χ3n) is 2.06. The Bertz CT molecular complexity index is 538. The number of rotatable bonds is 3. The summed E-state index contributed by atoms with van der Waals surface area (Å²) in [5.74, 6) is -0.412. The van der Waals surface area contributed by atoms with E-state index < -0.39 is 5.91 Å². The highest BCUT2D eigenvalue weighted by Crippen LogP contribution is 2.15. The fraction of sp³-hybridized carbons (Fsp3) is 0.286. The molecule has 2 N–H and O–H groups in total. The van der Waals surface area contributed by atoms with E-state index in [0.29, 0.717) is 10.7 Å². The maximum atomic E-state index is 11.8. The van der Waals surface area contributed by atoms with Gasteiger partial charge in [0, 0.05) is 22.4 Å². The number of anilines is 1. The lowest BCUT2D eigenvalue weighted by molar-refractivity contribution is -0.118. The summed E-state index contributed by atoms with van der Waals surface area (Å²) in [6.45, 7) is 5.55. The van der Waals surface area contributed by atoms with Crippen molar-refractivity contribution in [3.63, 3.8) is 0 Å². The predicted octanol–water partition coefficient (Wildman–Crippen LogP) is 3.07. The van der Waals surface area contributed by atoms with Gasteiger partial charge in [-0.2, -0.15) is 5.26 Å². The first kappa shape index (κ1) is 15.1. The summed E-state index contributed by atoms with van der Waals surface area (Å²) in [6, 6.07) is 8.88. The third-order valence-corrected chi connectivity index (χ3v) is 2.30. The van der Waals surface area contributed by atoms with Crippen LogP contribution in [0.1, 0.15) is 20.8 Å². The van der Waals surface area contributed by atoms with E-state index in [2.05, 4.69) is 10.6 Å². The van der Waals surface area contributed by atoms with Gasteiger partial charge in [-0.15, -0.1) is 0 Å². The van der Waals surface area contributed by atoms with Crippen LogP contribution in [0, 0.1) is 11.3 Å². The Labute approximate surface area is 118 Å². The van der Waals surface area contributed by atoms with Crippen molar-refractivity contribution in [1.82, 2.24) is 5.32 Å². The number of benzene rings is 1. The van der Waals surface area contributed by atoms with Gasteiger partial charge in [-0.1, -0.05) is 17.7 Å². The molecule has 1 aromatic carbocycles. The van der Waals surface area contributed by atoms with Gasteiger partial charge in [0.2, 0.25) is 0 Å². The molecule has 0 aliphatic rings. The summed E-state index contributed by atoms with van der Waals surface area (Å²) in [5, 5.41) is 15.2. The van der Waals surface area contributed by atoms with Crippen molar-refractivity contribution in [2.24, 2.45) is 0 Å². The molecule has 1 amide bonds. The highest BCUT2D eigenvalue weighted by molar-refractivity contribution is 6.30. The largest absolute Gasteiger partial charge is 0.360 e. The minimum atomic E-state index is -0.412. The van der Waals surface area contributed by atoms with Crippen LogP contribution in [0.4, 0.5) is 5.69 Å². The fourth-order valence-corrected chi connectivity index (χ4v) is 1.48. The number of carbonyl (C=O) groups is 1. The topological polar surface area (TPSA) is 64.9 Å². The molecular weight excluding hydrogens is 262 g/mol. The van der Waals surface area contributed by atoms with Gasteiger partial charge in [-0.05, 0) is 39.0 Å². The Balaban J connectivity index is 2.78. The molecule has 0 aromatic heterocycles. The average Bonchev–Trinajstić information content (AvgIpc) is 2.27. The number of hydrogen-bond acceptors (Lipinski definition) is 3. The summed E-state index contributed by atoms with van der Waals surface area (Å²) in [5.41, 5.74) is 0.335. The summed E-state index contributed by atoms with van der Waals surface area (Å²) in [4.78, 5) is 11.8. The van der Waals surface area contributed by atoms with E-state index in [9.17, 15) is 4.79 Å². The van der Waals surface area contributed by atoms with Crippen LogP contribution in [-0.2, 0) is 4.79 Å². The smallest absolute Gasteiger partial charge is 0.263 e. The van der Waals surface area contributed by atoms with Crippen molar-refractivity contribution in [2.45, 2.75) is 26.3 Å². The number of halogens is 1. The van der Waals surface area contributed by atoms with Crippen LogP contribution in [0.5, 0.6) is 0 Å². The van der Waals surface area contributed by atoms with Crippen molar-refractivity contribution in [3.8, 4) is 6.07 Å². The molecule has 0 saturated carbocycles. The fourth-order valence-electron chi connectivity index (χ4n) is 1.29. The average molecular weight is 278 g/mol. The molecule has 0 unspecified atom stereocenters. The lowest BCUT2D eigenvalue weighted by atomic mass is 10.1. The highest BCUT2D eigenvalue weighted by atomic mass is 35.5. The molecule has 0 aliphatic carbocycles. The van der Waals surface area contributed by atoms with Crippen LogP contribution >= 0.6 is 11.6 Å². The number of amides is 1. The Morgan fingerprint density at radius 1 is 1.42 bits per heavy atom. The van der Waals surface area contributed by atoms with E-state index in [1.54, 1.807) is 24.3 Å². The highest BCUT2D eigenvalue weighted by Gasteiger charge is 2.16. The van der Waals surface area contributed by atoms with Gasteiger partial charge in [-0.25, -0.2) is 0 Å². The molecule has 5 heteroatoms. The Kier molecular flexibility index (Phi) is 4.96. The van der Waals surface area contributed by atoms with E-state index in [4.69, 9.17) is 16.9 Å². The summed E-state index contributed by atoms with van der Waals surface area (Å²) >= 11 is 5.84. The summed E-state index contributed by atoms with van der Waals surface area (Å²) in [6.07, 6.45) is 1.37. The molecule has 0 bridgehead atoms. The zero-order valence-electron chi connectivity index (χ0n) is 11.1. The first-order valence-electron chi connectivity index (χ1n) is 5.77. The lowest BCUT2D eigenvalue weighted by Crippen LogP contribution is -2.41. The number of nitrogens with one attached hydrogen (secondary N) is 2. The van der Waals surface area contributed by atoms with Gasteiger partial charge in [0.15, 0.2) is 0 Å². The molecule has 4 nitrogen and oxygen atoms in total. The van der Waals surface area contributed by atoms with Crippen molar-refractivity contribution in [2.75, 3.05) is 5.32 Å². The molecule has 1 rings (SSSR count). The Hall–Kier alpha value is -1.99. The quantitative estimate of drug-likeness (QED) is 0.659. The van der Waals surface area contributed by atoms with E-state index in [-0.39, 0.29) is 11.1 Å². The SMILES string of the molecule is CC(C)(C)NC(=O)/C(C#N)=C\Nc1cccc(Cl)c1. The van der Waals surface area contributed by atoms with Gasteiger partial charge in [-0.3, -0.25) is 4.79 Å². The van der Waals surface area contributed by atoms with Gasteiger partial charge in [0.25, 0.3) is 5.91 Å². The molecular formula is C14H16ClN3O. The number of nitriles is 1. The minimum Gasteiger partial charge on any atom is -0.360 e. The first-order valence-corrected chi connectivity index (χ1v) is 6.14. The molecule has 0 aliphatic heterocycles. The second-order valence-electron chi connectivity index (χ2n) is 5.03. The van der Waals surface area contributed by atoms with Crippen molar-refractivity contribution >= 4 is 23.2 Å². The number of nitrogens with zero attached hydrogens (tertiary/aromatic N) is 1. The monoisotopic (exact) mass is 277 g/mol. The van der Waals surface area contributed by atoms with E-state index in [1.807, 2.05) is 26.8 Å². The van der Waals surface area contributed by atoms with Crippen LogP contribution in [0.2, 0.25) is 5.02 Å². The first-order chi connectivity index (χ1) is 8.81. The van der Waals surface area contributed by atoms with Crippen LogP contribution < -0.4 is 10.6 Å². The van der Waals surface area contributed by atoms with Gasteiger partial charge in [0.05, 0.1) is 0 Å². The third kappa shape index (κ3) is 5.45.